The highest BCUT2D eigenvalue weighted by Gasteiger charge is 2.21. The lowest BCUT2D eigenvalue weighted by Crippen LogP contribution is -2.28. The number of fused-ring (bicyclic) bond motifs is 1. The van der Waals surface area contributed by atoms with Crippen LogP contribution in [0.2, 0.25) is 5.02 Å². The minimum absolute atomic E-state index is 0.225. The minimum atomic E-state index is -0.225. The maximum absolute atomic E-state index is 13.6. The summed E-state index contributed by atoms with van der Waals surface area (Å²) in [4.78, 5) is 29.4. The first-order chi connectivity index (χ1) is 17.3. The highest BCUT2D eigenvalue weighted by Crippen LogP contribution is 2.26. The molecule has 3 aromatic heterocycles. The van der Waals surface area contributed by atoms with E-state index < -0.39 is 0 Å². The van der Waals surface area contributed by atoms with Crippen molar-refractivity contribution in [2.24, 2.45) is 0 Å². The number of halogens is 1. The Bertz CT molecular complexity index is 1400. The van der Waals surface area contributed by atoms with Gasteiger partial charge in [0.1, 0.15) is 11.4 Å². The van der Waals surface area contributed by atoms with Gasteiger partial charge in [0.2, 0.25) is 0 Å². The molecule has 0 saturated heterocycles. The predicted octanol–water partition coefficient (Wildman–Crippen LogP) is 4.08. The summed E-state index contributed by atoms with van der Waals surface area (Å²) in [5.74, 6) is 0.165. The summed E-state index contributed by atoms with van der Waals surface area (Å²) in [5, 5.41) is 12.0. The highest BCUT2D eigenvalue weighted by molar-refractivity contribution is 6.31. The van der Waals surface area contributed by atoms with Gasteiger partial charge in [-0.05, 0) is 58.2 Å². The van der Waals surface area contributed by atoms with Crippen molar-refractivity contribution >= 4 is 34.1 Å². The normalized spacial score (nSPS) is 11.2. The molecule has 3 heterocycles. The number of carbonyl (C=O) groups is 1. The zero-order valence-electron chi connectivity index (χ0n) is 21.3. The van der Waals surface area contributed by atoms with Crippen LogP contribution in [-0.4, -0.2) is 62.7 Å². The lowest BCUT2D eigenvalue weighted by molar-refractivity contribution is 0.0781. The van der Waals surface area contributed by atoms with E-state index in [1.165, 1.54) is 0 Å². The van der Waals surface area contributed by atoms with Gasteiger partial charge in [0.15, 0.2) is 5.82 Å². The van der Waals surface area contributed by atoms with Crippen molar-refractivity contribution in [3.8, 4) is 11.5 Å². The molecule has 0 unspecified atom stereocenters. The molecule has 4 aromatic rings. The summed E-state index contributed by atoms with van der Waals surface area (Å²) in [7, 11) is 3.67. The van der Waals surface area contributed by atoms with Gasteiger partial charge in [0.25, 0.3) is 5.91 Å². The van der Waals surface area contributed by atoms with E-state index in [9.17, 15) is 4.79 Å². The summed E-state index contributed by atoms with van der Waals surface area (Å²) in [5.41, 5.74) is 5.32. The number of nitrogens with zero attached hydrogens (tertiary/aromatic N) is 6. The van der Waals surface area contributed by atoms with Crippen LogP contribution in [0.15, 0.2) is 36.5 Å². The number of rotatable bonds is 9. The van der Waals surface area contributed by atoms with Gasteiger partial charge in [-0.15, -0.1) is 0 Å². The largest absolute Gasteiger partial charge is 0.382 e. The molecule has 0 radical (unpaired) electrons. The third kappa shape index (κ3) is 5.32. The van der Waals surface area contributed by atoms with Crippen molar-refractivity contribution in [1.82, 2.24) is 34.9 Å². The summed E-state index contributed by atoms with van der Waals surface area (Å²) in [6.07, 6.45) is 1.81. The number of pyridine rings is 1. The first-order valence-electron chi connectivity index (χ1n) is 11.9. The number of hydrogen-bond donors (Lipinski definition) is 2. The Labute approximate surface area is 215 Å². The zero-order chi connectivity index (χ0) is 25.8. The van der Waals surface area contributed by atoms with Crippen molar-refractivity contribution in [3.05, 3.63) is 64.2 Å². The average Bonchev–Trinajstić information content (AvgIpc) is 3.22. The second-order valence-corrected chi connectivity index (χ2v) is 9.09. The van der Waals surface area contributed by atoms with E-state index in [1.807, 2.05) is 50.8 Å². The van der Waals surface area contributed by atoms with Gasteiger partial charge in [-0.3, -0.25) is 9.48 Å². The number of benzene rings is 1. The quantitative estimate of drug-likeness (QED) is 0.330. The molecular formula is C26H31ClN8O. The Kier molecular flexibility index (Phi) is 7.81. The van der Waals surface area contributed by atoms with Crippen molar-refractivity contribution in [1.29, 1.82) is 0 Å². The molecule has 0 saturated carbocycles. The monoisotopic (exact) mass is 506 g/mol. The van der Waals surface area contributed by atoms with Crippen LogP contribution in [0, 0.1) is 13.8 Å². The number of amides is 1. The Balaban J connectivity index is 1.71. The molecule has 1 amide bonds. The third-order valence-electron chi connectivity index (χ3n) is 6.12. The minimum Gasteiger partial charge on any atom is -0.382 e. The number of anilines is 1. The summed E-state index contributed by atoms with van der Waals surface area (Å²) < 4.78 is 1.91. The Morgan fingerprint density at radius 1 is 1.11 bits per heavy atom. The number of aryl methyl sites for hydroxylation is 2. The smallest absolute Gasteiger partial charge is 0.273 e. The molecule has 1 aromatic carbocycles. The molecule has 0 spiro atoms. The molecule has 0 fully saturated rings. The van der Waals surface area contributed by atoms with E-state index in [4.69, 9.17) is 26.6 Å². The molecule has 9 nitrogen and oxygen atoms in total. The second kappa shape index (κ2) is 11.0. The number of hydrogen-bond acceptors (Lipinski definition) is 7. The van der Waals surface area contributed by atoms with Crippen LogP contribution in [0.3, 0.4) is 0 Å². The third-order valence-corrected chi connectivity index (χ3v) is 6.36. The van der Waals surface area contributed by atoms with Gasteiger partial charge in [-0.2, -0.15) is 5.10 Å². The van der Waals surface area contributed by atoms with Crippen LogP contribution in [0.1, 0.15) is 34.4 Å². The van der Waals surface area contributed by atoms with Gasteiger partial charge in [-0.25, -0.2) is 15.0 Å². The predicted molar refractivity (Wildman–Crippen MR) is 143 cm³/mol. The fraction of sp³-hybridized carbons (Fsp3) is 0.346. The Morgan fingerprint density at radius 2 is 1.92 bits per heavy atom. The molecular weight excluding hydrogens is 476 g/mol. The molecule has 188 valence electrons. The van der Waals surface area contributed by atoms with Crippen molar-refractivity contribution in [2.45, 2.75) is 33.9 Å². The van der Waals surface area contributed by atoms with Gasteiger partial charge in [0, 0.05) is 54.9 Å². The van der Waals surface area contributed by atoms with E-state index >= 15 is 0 Å². The topological polar surface area (TPSA) is 101 Å². The lowest BCUT2D eigenvalue weighted by atomic mass is 10.1. The number of likely N-dealkylation sites (N-methyl/N-ethyl adjacent to an activating group) is 1. The van der Waals surface area contributed by atoms with Crippen LogP contribution < -0.4 is 10.6 Å². The van der Waals surface area contributed by atoms with E-state index in [1.54, 1.807) is 30.1 Å². The lowest BCUT2D eigenvalue weighted by Gasteiger charge is -2.18. The maximum atomic E-state index is 13.6. The average molecular weight is 507 g/mol. The van der Waals surface area contributed by atoms with Gasteiger partial charge >= 0.3 is 0 Å². The van der Waals surface area contributed by atoms with Crippen LogP contribution in [0.5, 0.6) is 0 Å². The second-order valence-electron chi connectivity index (χ2n) is 8.65. The van der Waals surface area contributed by atoms with Crippen molar-refractivity contribution < 1.29 is 4.79 Å². The first-order valence-corrected chi connectivity index (χ1v) is 12.3. The zero-order valence-corrected chi connectivity index (χ0v) is 22.0. The Hall–Kier alpha value is -3.56. The maximum Gasteiger partial charge on any atom is 0.273 e. The summed E-state index contributed by atoms with van der Waals surface area (Å²) in [6, 6.07) is 9.12. The molecule has 4 rings (SSSR count). The van der Waals surface area contributed by atoms with Crippen LogP contribution in [-0.2, 0) is 13.1 Å². The molecule has 0 bridgehead atoms. The molecule has 0 aliphatic rings. The van der Waals surface area contributed by atoms with E-state index in [0.29, 0.717) is 34.0 Å². The molecule has 36 heavy (non-hydrogen) atoms. The number of carbonyl (C=O) groups excluding carboxylic acids is 1. The van der Waals surface area contributed by atoms with Crippen molar-refractivity contribution in [3.63, 3.8) is 0 Å². The van der Waals surface area contributed by atoms with Crippen LogP contribution >= 0.6 is 11.6 Å². The van der Waals surface area contributed by atoms with Gasteiger partial charge in [0.05, 0.1) is 23.1 Å². The fourth-order valence-electron chi connectivity index (χ4n) is 4.04. The first kappa shape index (κ1) is 25.5. The molecule has 10 heteroatoms. The standard InChI is InChI=1S/C26H31ClN8O/c1-6-35-17(3)18(14-30-35)15-34(5)26(36)24-20-13-19(27)7-8-22(20)32-25(33-24)23-10-9-21(16(2)31-23)29-12-11-28-4/h7-10,13-14,28-29H,6,11-12,15H2,1-5H3. The van der Waals surface area contributed by atoms with Crippen LogP contribution in [0.25, 0.3) is 22.4 Å². The Morgan fingerprint density at radius 3 is 2.61 bits per heavy atom. The van der Waals surface area contributed by atoms with Crippen LogP contribution in [0.4, 0.5) is 5.69 Å². The summed E-state index contributed by atoms with van der Waals surface area (Å²) >= 11 is 6.28. The van der Waals surface area contributed by atoms with Crippen molar-refractivity contribution in [2.75, 3.05) is 32.5 Å². The van der Waals surface area contributed by atoms with Gasteiger partial charge in [-0.1, -0.05) is 11.6 Å². The molecule has 0 atom stereocenters. The van der Waals surface area contributed by atoms with E-state index in [2.05, 4.69) is 15.7 Å². The highest BCUT2D eigenvalue weighted by atomic mass is 35.5. The van der Waals surface area contributed by atoms with E-state index in [0.717, 1.165) is 42.3 Å². The number of aromatic nitrogens is 5. The SMILES string of the molecule is CCn1ncc(CN(C)C(=O)c2nc(-c3ccc(NCCNC)c(C)n3)nc3ccc(Cl)cc23)c1C. The molecule has 2 N–H and O–H groups in total. The van der Waals surface area contributed by atoms with Gasteiger partial charge < -0.3 is 15.5 Å². The fourth-order valence-corrected chi connectivity index (χ4v) is 4.21. The van der Waals surface area contributed by atoms with E-state index in [-0.39, 0.29) is 11.6 Å². The number of nitrogens with one attached hydrogen (secondary N) is 2. The molecule has 0 aliphatic carbocycles. The summed E-state index contributed by atoms with van der Waals surface area (Å²) in [6.45, 7) is 8.80. The molecule has 0 aliphatic heterocycles.